The molecule has 10 rings (SSSR count). The molecule has 0 aliphatic carbocycles. The Morgan fingerprint density at radius 3 is 1.62 bits per heavy atom. The van der Waals surface area contributed by atoms with E-state index in [0.717, 1.165) is 38.8 Å². The summed E-state index contributed by atoms with van der Waals surface area (Å²) in [6.45, 7) is 0. The molecule has 3 heteroatoms. The fourth-order valence-electron chi connectivity index (χ4n) is 7.38. The normalized spacial score (nSPS) is 12.0. The van der Waals surface area contributed by atoms with Gasteiger partial charge in [-0.15, -0.1) is 0 Å². The van der Waals surface area contributed by atoms with Crippen LogP contribution in [0, 0.1) is 0 Å². The highest BCUT2D eigenvalue weighted by Gasteiger charge is 2.20. The fourth-order valence-corrected chi connectivity index (χ4v) is 7.38. The predicted molar refractivity (Wildman–Crippen MR) is 188 cm³/mol. The number of hydrogen-bond donors (Lipinski definition) is 0. The number of benzene rings is 7. The van der Waals surface area contributed by atoms with E-state index in [2.05, 4.69) is 155 Å². The minimum Gasteiger partial charge on any atom is -0.456 e. The zero-order valence-electron chi connectivity index (χ0n) is 24.3. The molecule has 3 aromatic heterocycles. The quantitative estimate of drug-likeness (QED) is 0.206. The molecule has 0 bridgehead atoms. The summed E-state index contributed by atoms with van der Waals surface area (Å²) in [5.74, 6) is 0. The monoisotopic (exact) mass is 574 g/mol. The van der Waals surface area contributed by atoms with E-state index < -0.39 is 0 Å². The van der Waals surface area contributed by atoms with Gasteiger partial charge in [0.05, 0.1) is 22.1 Å². The van der Waals surface area contributed by atoms with Crippen LogP contribution in [0.4, 0.5) is 0 Å². The van der Waals surface area contributed by atoms with Crippen LogP contribution < -0.4 is 0 Å². The fraction of sp³-hybridized carbons (Fsp3) is 0. The molecule has 0 atom stereocenters. The summed E-state index contributed by atoms with van der Waals surface area (Å²) >= 11 is 0. The van der Waals surface area contributed by atoms with Crippen molar-refractivity contribution in [3.05, 3.63) is 158 Å². The van der Waals surface area contributed by atoms with Crippen LogP contribution in [0.3, 0.4) is 0 Å². The van der Waals surface area contributed by atoms with Crippen molar-refractivity contribution in [3.8, 4) is 22.5 Å². The lowest BCUT2D eigenvalue weighted by atomic mass is 10.0. The first-order chi connectivity index (χ1) is 22.3. The first-order valence-electron chi connectivity index (χ1n) is 15.4. The van der Waals surface area contributed by atoms with E-state index in [1.165, 1.54) is 49.3 Å². The summed E-state index contributed by atoms with van der Waals surface area (Å²) < 4.78 is 11.0. The molecule has 0 saturated carbocycles. The number of para-hydroxylation sites is 4. The highest BCUT2D eigenvalue weighted by molar-refractivity contribution is 6.28. The topological polar surface area (TPSA) is 23.0 Å². The Balaban J connectivity index is 1.24. The molecule has 210 valence electrons. The molecule has 0 unspecified atom stereocenters. The van der Waals surface area contributed by atoms with Gasteiger partial charge in [0.25, 0.3) is 0 Å². The Morgan fingerprint density at radius 2 is 0.889 bits per heavy atom. The average Bonchev–Trinajstić information content (AvgIpc) is 3.76. The largest absolute Gasteiger partial charge is 0.456 e. The molecule has 0 aliphatic heterocycles. The third-order valence-corrected chi connectivity index (χ3v) is 9.30. The first-order valence-corrected chi connectivity index (χ1v) is 15.4. The summed E-state index contributed by atoms with van der Waals surface area (Å²) in [4.78, 5) is 0. The van der Waals surface area contributed by atoms with Gasteiger partial charge in [-0.2, -0.15) is 0 Å². The summed E-state index contributed by atoms with van der Waals surface area (Å²) in [6.07, 6.45) is 0. The lowest BCUT2D eigenvalue weighted by molar-refractivity contribution is 0.669. The van der Waals surface area contributed by atoms with Gasteiger partial charge in [0.2, 0.25) is 0 Å². The van der Waals surface area contributed by atoms with Crippen LogP contribution in [0.5, 0.6) is 0 Å². The lowest BCUT2D eigenvalue weighted by Gasteiger charge is -2.11. The summed E-state index contributed by atoms with van der Waals surface area (Å²) in [5, 5.41) is 7.38. The number of rotatable bonds is 3. The summed E-state index contributed by atoms with van der Waals surface area (Å²) in [5.41, 5.74) is 11.2. The van der Waals surface area contributed by atoms with E-state index in [9.17, 15) is 0 Å². The maximum atomic E-state index is 6.24. The van der Waals surface area contributed by atoms with Crippen molar-refractivity contribution >= 4 is 65.6 Å². The number of aromatic nitrogens is 2. The molecule has 0 radical (unpaired) electrons. The van der Waals surface area contributed by atoms with Crippen LogP contribution in [-0.4, -0.2) is 9.13 Å². The van der Waals surface area contributed by atoms with Crippen LogP contribution in [0.1, 0.15) is 0 Å². The number of fused-ring (bicyclic) bond motifs is 10. The second-order valence-corrected chi connectivity index (χ2v) is 11.8. The van der Waals surface area contributed by atoms with Crippen LogP contribution in [0.15, 0.2) is 162 Å². The zero-order chi connectivity index (χ0) is 29.5. The van der Waals surface area contributed by atoms with Crippen molar-refractivity contribution in [2.75, 3.05) is 0 Å². The highest BCUT2D eigenvalue weighted by atomic mass is 16.3. The average molecular weight is 575 g/mol. The Morgan fingerprint density at radius 1 is 0.333 bits per heavy atom. The van der Waals surface area contributed by atoms with Gasteiger partial charge in [-0.25, -0.2) is 0 Å². The van der Waals surface area contributed by atoms with E-state index in [1.807, 2.05) is 12.1 Å². The molecule has 0 fully saturated rings. The van der Waals surface area contributed by atoms with E-state index in [0.29, 0.717) is 0 Å². The molecule has 7 aromatic carbocycles. The van der Waals surface area contributed by atoms with Crippen LogP contribution in [0.2, 0.25) is 0 Å². The van der Waals surface area contributed by atoms with Gasteiger partial charge in [-0.3, -0.25) is 0 Å². The van der Waals surface area contributed by atoms with E-state index in [4.69, 9.17) is 4.42 Å². The second kappa shape index (κ2) is 9.22. The predicted octanol–water partition coefficient (Wildman–Crippen LogP) is 11.4. The molecule has 0 aliphatic rings. The molecular weight excluding hydrogens is 548 g/mol. The molecule has 10 aromatic rings. The SMILES string of the molecule is c1ccc(-n2c3ccccc3c3c4c5ccccc5n(-c5cccc(-c6ccc7c(c6)oc6ccccc67)c5)c4ccc32)cc1. The maximum Gasteiger partial charge on any atom is 0.136 e. The number of hydrogen-bond acceptors (Lipinski definition) is 1. The van der Waals surface area contributed by atoms with Crippen molar-refractivity contribution in [2.45, 2.75) is 0 Å². The first kappa shape index (κ1) is 24.4. The lowest BCUT2D eigenvalue weighted by Crippen LogP contribution is -1.95. The van der Waals surface area contributed by atoms with E-state index in [-0.39, 0.29) is 0 Å². The molecule has 0 saturated heterocycles. The Labute approximate surface area is 258 Å². The van der Waals surface area contributed by atoms with E-state index >= 15 is 0 Å². The van der Waals surface area contributed by atoms with Crippen molar-refractivity contribution < 1.29 is 4.42 Å². The van der Waals surface area contributed by atoms with Gasteiger partial charge in [0.1, 0.15) is 11.2 Å². The van der Waals surface area contributed by atoms with Gasteiger partial charge in [0.15, 0.2) is 0 Å². The van der Waals surface area contributed by atoms with Gasteiger partial charge >= 0.3 is 0 Å². The van der Waals surface area contributed by atoms with Crippen molar-refractivity contribution in [1.82, 2.24) is 9.13 Å². The van der Waals surface area contributed by atoms with Gasteiger partial charge in [-0.1, -0.05) is 91.0 Å². The molecule has 0 N–H and O–H groups in total. The van der Waals surface area contributed by atoms with E-state index in [1.54, 1.807) is 0 Å². The molecule has 45 heavy (non-hydrogen) atoms. The van der Waals surface area contributed by atoms with Crippen molar-refractivity contribution in [1.29, 1.82) is 0 Å². The van der Waals surface area contributed by atoms with Gasteiger partial charge in [0, 0.05) is 43.7 Å². The number of furan rings is 1. The van der Waals surface area contributed by atoms with Crippen LogP contribution in [-0.2, 0) is 0 Å². The van der Waals surface area contributed by atoms with Gasteiger partial charge < -0.3 is 13.6 Å². The molecule has 3 heterocycles. The van der Waals surface area contributed by atoms with Crippen molar-refractivity contribution in [2.24, 2.45) is 0 Å². The van der Waals surface area contributed by atoms with Gasteiger partial charge in [-0.05, 0) is 77.9 Å². The molecular formula is C42H26N2O. The minimum atomic E-state index is 0.910. The Bertz CT molecular complexity index is 2760. The second-order valence-electron chi connectivity index (χ2n) is 11.8. The van der Waals surface area contributed by atoms with Crippen LogP contribution in [0.25, 0.3) is 88.1 Å². The summed E-state index contributed by atoms with van der Waals surface area (Å²) in [6, 6.07) is 56.5. The smallest absolute Gasteiger partial charge is 0.136 e. The Hall–Kier alpha value is -6.06. The van der Waals surface area contributed by atoms with Crippen molar-refractivity contribution in [3.63, 3.8) is 0 Å². The third-order valence-electron chi connectivity index (χ3n) is 9.30. The number of nitrogens with zero attached hydrogens (tertiary/aromatic N) is 2. The standard InChI is InChI=1S/C42H26N2O/c1-2-12-29(13-3-1)43-35-18-7-4-16-33(35)41-37(43)23-24-38-42(41)34-17-5-8-19-36(34)44(38)30-14-10-11-27(25-30)28-21-22-32-31-15-6-9-20-39(31)45-40(32)26-28/h1-26H. The maximum absolute atomic E-state index is 6.24. The molecule has 3 nitrogen and oxygen atoms in total. The Kier molecular flexibility index (Phi) is 5.00. The highest BCUT2D eigenvalue weighted by Crippen LogP contribution is 2.42. The summed E-state index contributed by atoms with van der Waals surface area (Å²) in [7, 11) is 0. The zero-order valence-corrected chi connectivity index (χ0v) is 24.3. The third kappa shape index (κ3) is 3.46. The molecule has 0 amide bonds. The minimum absolute atomic E-state index is 0.910. The van der Waals surface area contributed by atoms with Crippen LogP contribution >= 0.6 is 0 Å². The molecule has 0 spiro atoms.